The quantitative estimate of drug-likeness (QED) is 0.321. The molecule has 1 rings (SSSR count). The first-order valence-corrected chi connectivity index (χ1v) is 3.44. The number of aromatic amines is 1. The van der Waals surface area contributed by atoms with Gasteiger partial charge in [-0.15, -0.1) is 0 Å². The number of hydrogen-bond acceptors (Lipinski definition) is 3. The van der Waals surface area contributed by atoms with Crippen LogP contribution in [0.15, 0.2) is 22.2 Å². The van der Waals surface area contributed by atoms with Crippen molar-refractivity contribution in [2.75, 3.05) is 0 Å². The van der Waals surface area contributed by atoms with Crippen LogP contribution in [-0.2, 0) is 0 Å². The van der Waals surface area contributed by atoms with Crippen molar-refractivity contribution in [2.24, 2.45) is 5.11 Å². The highest BCUT2D eigenvalue weighted by Gasteiger charge is 2.09. The smallest absolute Gasteiger partial charge is 0.259 e. The third-order valence-corrected chi connectivity index (χ3v) is 1.44. The van der Waals surface area contributed by atoms with E-state index in [2.05, 4.69) is 15.0 Å². The minimum absolute atomic E-state index is 0.0544. The topological polar surface area (TPSA) is 98.7 Å². The number of H-pyrrole nitrogens is 1. The van der Waals surface area contributed by atoms with Crippen molar-refractivity contribution in [2.45, 2.75) is 6.92 Å². The number of aromatic nitrogens is 1. The van der Waals surface area contributed by atoms with Crippen LogP contribution in [0, 0.1) is 0 Å². The van der Waals surface area contributed by atoms with Crippen molar-refractivity contribution in [1.82, 2.24) is 4.98 Å². The zero-order chi connectivity index (χ0) is 9.84. The van der Waals surface area contributed by atoms with Crippen molar-refractivity contribution in [3.05, 3.63) is 38.6 Å². The summed E-state index contributed by atoms with van der Waals surface area (Å²) in [5, 5.41) is 3.23. The Kier molecular flexibility index (Phi) is 2.47. The first kappa shape index (κ1) is 9.02. The van der Waals surface area contributed by atoms with E-state index in [4.69, 9.17) is 5.53 Å². The third-order valence-electron chi connectivity index (χ3n) is 1.44. The normalized spacial score (nSPS) is 9.00. The first-order chi connectivity index (χ1) is 6.16. The second-order valence-corrected chi connectivity index (χ2v) is 2.31. The van der Waals surface area contributed by atoms with Crippen LogP contribution in [0.1, 0.15) is 17.3 Å². The molecule has 0 aliphatic rings. The summed E-state index contributed by atoms with van der Waals surface area (Å²) in [5.74, 6) is -0.427. The zero-order valence-corrected chi connectivity index (χ0v) is 6.81. The number of carbonyl (C=O) groups is 1. The SMILES string of the molecule is CC(=O)c1c(N=[N+]=[N-])cc[nH]c1=O. The highest BCUT2D eigenvalue weighted by atomic mass is 16.1. The Balaban J connectivity index is 3.51. The molecule has 6 nitrogen and oxygen atoms in total. The van der Waals surface area contributed by atoms with E-state index >= 15 is 0 Å². The number of pyridine rings is 1. The minimum atomic E-state index is -0.544. The van der Waals surface area contributed by atoms with Gasteiger partial charge in [0.2, 0.25) is 0 Å². The Morgan fingerprint density at radius 3 is 2.92 bits per heavy atom. The molecule has 1 aromatic rings. The number of Topliss-reactive ketones (excluding diaryl/α,β-unsaturated/α-hetero) is 1. The van der Waals surface area contributed by atoms with Crippen LogP contribution in [0.4, 0.5) is 5.69 Å². The summed E-state index contributed by atoms with van der Waals surface area (Å²) in [6.45, 7) is 1.24. The van der Waals surface area contributed by atoms with Crippen molar-refractivity contribution in [3.63, 3.8) is 0 Å². The summed E-state index contributed by atoms with van der Waals surface area (Å²) < 4.78 is 0. The van der Waals surface area contributed by atoms with Gasteiger partial charge in [-0.05, 0) is 18.5 Å². The number of rotatable bonds is 2. The monoisotopic (exact) mass is 178 g/mol. The molecule has 0 aliphatic carbocycles. The molecule has 0 aliphatic heterocycles. The molecule has 1 N–H and O–H groups in total. The highest BCUT2D eigenvalue weighted by Crippen LogP contribution is 2.14. The maximum Gasteiger partial charge on any atom is 0.259 e. The Bertz CT molecular complexity index is 442. The fourth-order valence-corrected chi connectivity index (χ4v) is 0.940. The molecule has 0 amide bonds. The summed E-state index contributed by atoms with van der Waals surface area (Å²) in [6.07, 6.45) is 1.32. The van der Waals surface area contributed by atoms with Gasteiger partial charge < -0.3 is 4.98 Å². The Hall–Kier alpha value is -2.07. The highest BCUT2D eigenvalue weighted by molar-refractivity contribution is 5.98. The van der Waals surface area contributed by atoms with E-state index in [1.165, 1.54) is 19.2 Å². The molecule has 0 spiro atoms. The van der Waals surface area contributed by atoms with Gasteiger partial charge in [-0.2, -0.15) is 0 Å². The van der Waals surface area contributed by atoms with Crippen LogP contribution in [0.2, 0.25) is 0 Å². The molecule has 13 heavy (non-hydrogen) atoms. The summed E-state index contributed by atoms with van der Waals surface area (Å²) in [7, 11) is 0. The molecule has 0 atom stereocenters. The van der Waals surface area contributed by atoms with Gasteiger partial charge in [0.25, 0.3) is 5.56 Å². The standard InChI is InChI=1S/C7H6N4O2/c1-4(12)6-5(10-11-8)2-3-9-7(6)13/h2-3H,1H3,(H,9,13). The van der Waals surface area contributed by atoms with Crippen LogP contribution in [0.25, 0.3) is 10.4 Å². The summed E-state index contributed by atoms with van der Waals surface area (Å²) in [4.78, 5) is 26.9. The van der Waals surface area contributed by atoms with Gasteiger partial charge in [0, 0.05) is 11.1 Å². The lowest BCUT2D eigenvalue weighted by atomic mass is 10.2. The van der Waals surface area contributed by atoms with Crippen molar-refractivity contribution < 1.29 is 4.79 Å². The van der Waals surface area contributed by atoms with E-state index in [0.29, 0.717) is 0 Å². The molecule has 1 aromatic heterocycles. The van der Waals surface area contributed by atoms with E-state index in [1.54, 1.807) is 0 Å². The van der Waals surface area contributed by atoms with E-state index in [1.807, 2.05) is 0 Å². The molecule has 0 bridgehead atoms. The number of ketones is 1. The second-order valence-electron chi connectivity index (χ2n) is 2.31. The Morgan fingerprint density at radius 1 is 1.69 bits per heavy atom. The minimum Gasteiger partial charge on any atom is -0.328 e. The van der Waals surface area contributed by atoms with E-state index in [0.717, 1.165) is 0 Å². The van der Waals surface area contributed by atoms with Gasteiger partial charge in [0.05, 0.1) is 11.3 Å². The number of hydrogen-bond donors (Lipinski definition) is 1. The zero-order valence-electron chi connectivity index (χ0n) is 6.81. The van der Waals surface area contributed by atoms with Gasteiger partial charge >= 0.3 is 0 Å². The molecule has 0 aromatic carbocycles. The number of nitrogens with one attached hydrogen (secondary N) is 1. The molecule has 0 radical (unpaired) electrons. The van der Waals surface area contributed by atoms with Crippen molar-refractivity contribution in [3.8, 4) is 0 Å². The molecule has 0 saturated heterocycles. The predicted molar refractivity (Wildman–Crippen MR) is 45.9 cm³/mol. The fraction of sp³-hybridized carbons (Fsp3) is 0.143. The van der Waals surface area contributed by atoms with Crippen molar-refractivity contribution in [1.29, 1.82) is 0 Å². The van der Waals surface area contributed by atoms with Gasteiger partial charge in [0.15, 0.2) is 5.78 Å². The lowest BCUT2D eigenvalue weighted by Gasteiger charge is -1.97. The van der Waals surface area contributed by atoms with Crippen LogP contribution in [0.5, 0.6) is 0 Å². The largest absolute Gasteiger partial charge is 0.328 e. The van der Waals surface area contributed by atoms with E-state index in [-0.39, 0.29) is 11.3 Å². The molecular formula is C7H6N4O2. The number of carbonyl (C=O) groups excluding carboxylic acids is 1. The summed E-state index contributed by atoms with van der Waals surface area (Å²) >= 11 is 0. The maximum absolute atomic E-state index is 11.1. The molecule has 0 fully saturated rings. The lowest BCUT2D eigenvalue weighted by molar-refractivity contribution is 0.101. The summed E-state index contributed by atoms with van der Waals surface area (Å²) in [5.41, 5.74) is 7.55. The average Bonchev–Trinajstić information content (AvgIpc) is 2.04. The van der Waals surface area contributed by atoms with Crippen LogP contribution < -0.4 is 5.56 Å². The molecule has 0 unspecified atom stereocenters. The van der Waals surface area contributed by atoms with Gasteiger partial charge in [-0.3, -0.25) is 9.59 Å². The average molecular weight is 178 g/mol. The Morgan fingerprint density at radius 2 is 2.38 bits per heavy atom. The third kappa shape index (κ3) is 1.74. The maximum atomic E-state index is 11.1. The van der Waals surface area contributed by atoms with Crippen LogP contribution in [0.3, 0.4) is 0 Å². The number of nitrogens with zero attached hydrogens (tertiary/aromatic N) is 3. The van der Waals surface area contributed by atoms with Crippen LogP contribution in [-0.4, -0.2) is 10.8 Å². The van der Waals surface area contributed by atoms with E-state index < -0.39 is 11.3 Å². The van der Waals surface area contributed by atoms with Gasteiger partial charge in [-0.1, -0.05) is 5.11 Å². The van der Waals surface area contributed by atoms with Crippen molar-refractivity contribution >= 4 is 11.5 Å². The predicted octanol–water partition coefficient (Wildman–Crippen LogP) is 1.52. The summed E-state index contributed by atoms with van der Waals surface area (Å²) in [6, 6.07) is 1.37. The van der Waals surface area contributed by atoms with E-state index in [9.17, 15) is 9.59 Å². The lowest BCUT2D eigenvalue weighted by Crippen LogP contribution is -2.14. The second kappa shape index (κ2) is 3.55. The first-order valence-electron chi connectivity index (χ1n) is 3.44. The van der Waals surface area contributed by atoms with Crippen LogP contribution >= 0.6 is 0 Å². The number of azide groups is 1. The molecule has 0 saturated carbocycles. The van der Waals surface area contributed by atoms with Gasteiger partial charge in [0.1, 0.15) is 0 Å². The molecule has 66 valence electrons. The Labute approximate surface area is 72.8 Å². The van der Waals surface area contributed by atoms with Gasteiger partial charge in [-0.25, -0.2) is 0 Å². The molecule has 6 heteroatoms. The molecular weight excluding hydrogens is 172 g/mol. The molecule has 1 heterocycles. The fourth-order valence-electron chi connectivity index (χ4n) is 0.940.